The van der Waals surface area contributed by atoms with Crippen LogP contribution in [0.1, 0.15) is 73.2 Å². The molecule has 0 aliphatic carbocycles. The molecule has 0 aliphatic heterocycles. The summed E-state index contributed by atoms with van der Waals surface area (Å²) in [6.45, 7) is 14.2. The Hall–Kier alpha value is -6.82. The number of hydrogen-bond acceptors (Lipinski definition) is 10. The van der Waals surface area contributed by atoms with Gasteiger partial charge in [-0.1, -0.05) is 52.0 Å². The van der Waals surface area contributed by atoms with Crippen molar-refractivity contribution in [1.29, 1.82) is 0 Å². The Balaban J connectivity index is 0.000000179. The molecule has 0 bridgehead atoms. The van der Waals surface area contributed by atoms with Crippen LogP contribution in [0.3, 0.4) is 0 Å². The molecule has 8 aromatic rings. The van der Waals surface area contributed by atoms with Gasteiger partial charge in [-0.25, -0.2) is 19.9 Å². The van der Waals surface area contributed by atoms with E-state index >= 15 is 0 Å². The standard InChI is InChI=1S/C24H27N5O.C23H25N5O/c1-16(2)22-14-27-24-23(26-10-9-18-5-7-20(30-4)8-6-18)28-21(15-29(22)24)19-11-17(3)12-25-13-19;1-15(2)21-13-26-23-22(25-9-8-17-4-6-19(29)7-5-17)27-20(14-28(21)23)18-10-16(3)11-24-12-18/h5-8,11-16H,9-10H2,1-4H3,(H,26,28);4-7,10-15,29H,8-9H2,1-3H3,(H,25,27). The van der Waals surface area contributed by atoms with Gasteiger partial charge in [-0.3, -0.25) is 18.8 Å². The smallest absolute Gasteiger partial charge is 0.180 e. The number of ether oxygens (including phenoxy) is 1. The summed E-state index contributed by atoms with van der Waals surface area (Å²) in [6, 6.07) is 19.6. The summed E-state index contributed by atoms with van der Waals surface area (Å²) in [5, 5.41) is 16.4. The first-order valence-corrected chi connectivity index (χ1v) is 20.0. The van der Waals surface area contributed by atoms with Gasteiger partial charge in [0.15, 0.2) is 22.9 Å². The fourth-order valence-electron chi connectivity index (χ4n) is 6.88. The molecule has 0 saturated carbocycles. The Morgan fingerprint density at radius 1 is 0.610 bits per heavy atom. The Morgan fingerprint density at radius 3 is 1.46 bits per heavy atom. The number of benzene rings is 2. The molecule has 2 aromatic carbocycles. The number of nitrogens with one attached hydrogen (secondary N) is 2. The minimum atomic E-state index is 0.281. The second-order valence-electron chi connectivity index (χ2n) is 15.4. The van der Waals surface area contributed by atoms with E-state index in [4.69, 9.17) is 14.7 Å². The molecular weight excluding hydrogens is 737 g/mol. The third kappa shape index (κ3) is 9.66. The van der Waals surface area contributed by atoms with Crippen LogP contribution >= 0.6 is 0 Å². The van der Waals surface area contributed by atoms with Gasteiger partial charge in [0.05, 0.1) is 18.5 Å². The van der Waals surface area contributed by atoms with Crippen LogP contribution in [0.5, 0.6) is 11.5 Å². The molecule has 12 nitrogen and oxygen atoms in total. The van der Waals surface area contributed by atoms with Crippen LogP contribution in [0, 0.1) is 13.8 Å². The summed E-state index contributed by atoms with van der Waals surface area (Å²) >= 11 is 0. The Morgan fingerprint density at radius 2 is 1.05 bits per heavy atom. The predicted octanol–water partition coefficient (Wildman–Crippen LogP) is 9.47. The maximum absolute atomic E-state index is 9.44. The number of phenols is 1. The molecule has 0 aliphatic rings. The van der Waals surface area contributed by atoms with E-state index in [0.29, 0.717) is 18.4 Å². The van der Waals surface area contributed by atoms with E-state index in [1.807, 2.05) is 81.5 Å². The quantitative estimate of drug-likeness (QED) is 0.104. The fourth-order valence-corrected chi connectivity index (χ4v) is 6.88. The molecule has 0 amide bonds. The van der Waals surface area contributed by atoms with Crippen molar-refractivity contribution in [2.75, 3.05) is 30.8 Å². The number of hydrogen-bond donors (Lipinski definition) is 3. The van der Waals surface area contributed by atoms with Gasteiger partial charge in [0.2, 0.25) is 0 Å². The van der Waals surface area contributed by atoms with Crippen LogP contribution < -0.4 is 15.4 Å². The normalized spacial score (nSPS) is 11.3. The molecule has 12 heteroatoms. The lowest BCUT2D eigenvalue weighted by molar-refractivity contribution is 0.414. The van der Waals surface area contributed by atoms with Gasteiger partial charge in [-0.05, 0) is 97.2 Å². The van der Waals surface area contributed by atoms with Crippen molar-refractivity contribution in [3.63, 3.8) is 0 Å². The summed E-state index contributed by atoms with van der Waals surface area (Å²) in [4.78, 5) is 27.7. The topological polar surface area (TPSA) is 140 Å². The Kier molecular flexibility index (Phi) is 12.4. The number of fused-ring (bicyclic) bond motifs is 2. The number of anilines is 2. The van der Waals surface area contributed by atoms with Crippen molar-refractivity contribution >= 4 is 22.9 Å². The summed E-state index contributed by atoms with van der Waals surface area (Å²) in [7, 11) is 1.68. The van der Waals surface area contributed by atoms with Crippen LogP contribution in [0.25, 0.3) is 33.8 Å². The summed E-state index contributed by atoms with van der Waals surface area (Å²) in [5.74, 6) is 3.40. The third-order valence-corrected chi connectivity index (χ3v) is 10.1. The fraction of sp³-hybridized carbons (Fsp3) is 0.277. The van der Waals surface area contributed by atoms with Gasteiger partial charge >= 0.3 is 0 Å². The number of aromatic nitrogens is 8. The van der Waals surface area contributed by atoms with Crippen molar-refractivity contribution < 1.29 is 9.84 Å². The van der Waals surface area contributed by atoms with E-state index in [0.717, 1.165) is 98.7 Å². The Labute approximate surface area is 345 Å². The van der Waals surface area contributed by atoms with Crippen LogP contribution in [-0.2, 0) is 12.8 Å². The maximum Gasteiger partial charge on any atom is 0.180 e. The first kappa shape index (κ1) is 40.4. The molecular formula is C47H52N10O2. The molecule has 302 valence electrons. The third-order valence-electron chi connectivity index (χ3n) is 10.1. The second kappa shape index (κ2) is 18.2. The molecule has 6 heterocycles. The minimum Gasteiger partial charge on any atom is -0.508 e. The van der Waals surface area contributed by atoms with Gasteiger partial charge in [0.25, 0.3) is 0 Å². The van der Waals surface area contributed by atoms with Gasteiger partial charge in [0.1, 0.15) is 11.5 Å². The van der Waals surface area contributed by atoms with Gasteiger partial charge in [0, 0.05) is 85.2 Å². The first-order chi connectivity index (χ1) is 28.6. The highest BCUT2D eigenvalue weighted by atomic mass is 16.5. The number of rotatable bonds is 13. The molecule has 6 aromatic heterocycles. The van der Waals surface area contributed by atoms with Crippen LogP contribution in [0.2, 0.25) is 0 Å². The predicted molar refractivity (Wildman–Crippen MR) is 236 cm³/mol. The maximum atomic E-state index is 9.44. The zero-order valence-corrected chi connectivity index (χ0v) is 34.8. The molecule has 0 spiro atoms. The van der Waals surface area contributed by atoms with E-state index in [9.17, 15) is 5.11 Å². The van der Waals surface area contributed by atoms with Gasteiger partial charge in [-0.15, -0.1) is 0 Å². The van der Waals surface area contributed by atoms with E-state index in [1.165, 1.54) is 5.56 Å². The highest BCUT2D eigenvalue weighted by Gasteiger charge is 2.16. The highest BCUT2D eigenvalue weighted by Crippen LogP contribution is 2.28. The number of methoxy groups -OCH3 is 1. The van der Waals surface area contributed by atoms with E-state index in [1.54, 1.807) is 19.2 Å². The molecule has 3 N–H and O–H groups in total. The lowest BCUT2D eigenvalue weighted by atomic mass is 10.1. The van der Waals surface area contributed by atoms with E-state index in [-0.39, 0.29) is 5.75 Å². The average molecular weight is 789 g/mol. The van der Waals surface area contributed by atoms with E-state index in [2.05, 4.69) is 97.5 Å². The molecule has 0 fully saturated rings. The number of nitrogens with zero attached hydrogens (tertiary/aromatic N) is 8. The zero-order valence-electron chi connectivity index (χ0n) is 34.8. The average Bonchev–Trinajstić information content (AvgIpc) is 3.88. The SMILES string of the molecule is COc1ccc(CCNc2nc(-c3cncc(C)c3)cn3c(C(C)C)cnc23)cc1.Cc1cncc(-c2cn3c(C(C)C)cnc3c(NCCc3ccc(O)cc3)n2)c1. The molecule has 59 heavy (non-hydrogen) atoms. The highest BCUT2D eigenvalue weighted by molar-refractivity contribution is 5.71. The molecule has 0 saturated heterocycles. The van der Waals surface area contributed by atoms with Crippen LogP contribution in [0.4, 0.5) is 11.6 Å². The summed E-state index contributed by atoms with van der Waals surface area (Å²) in [6.07, 6.45) is 17.1. The van der Waals surface area contributed by atoms with Crippen LogP contribution in [0.15, 0.2) is 110 Å². The summed E-state index contributed by atoms with van der Waals surface area (Å²) in [5.41, 5.74) is 12.3. The number of phenolic OH excluding ortho intramolecular Hbond substituents is 1. The van der Waals surface area contributed by atoms with Crippen molar-refractivity contribution in [1.82, 2.24) is 38.7 Å². The Bertz CT molecular complexity index is 2650. The molecule has 8 rings (SSSR count). The first-order valence-electron chi connectivity index (χ1n) is 20.0. The van der Waals surface area contributed by atoms with Gasteiger partial charge < -0.3 is 20.5 Å². The minimum absolute atomic E-state index is 0.281. The number of aromatic hydroxyl groups is 1. The summed E-state index contributed by atoms with van der Waals surface area (Å²) < 4.78 is 9.50. The number of imidazole rings is 2. The van der Waals surface area contributed by atoms with Crippen molar-refractivity contribution in [3.05, 3.63) is 144 Å². The monoisotopic (exact) mass is 788 g/mol. The van der Waals surface area contributed by atoms with Crippen LogP contribution in [-0.4, -0.2) is 64.0 Å². The lowest BCUT2D eigenvalue weighted by Crippen LogP contribution is -2.09. The van der Waals surface area contributed by atoms with E-state index < -0.39 is 0 Å². The zero-order chi connectivity index (χ0) is 41.5. The molecule has 0 unspecified atom stereocenters. The largest absolute Gasteiger partial charge is 0.508 e. The van der Waals surface area contributed by atoms with Crippen molar-refractivity contribution in [3.8, 4) is 34.0 Å². The van der Waals surface area contributed by atoms with Crippen molar-refractivity contribution in [2.45, 2.75) is 66.2 Å². The van der Waals surface area contributed by atoms with Crippen molar-refractivity contribution in [2.24, 2.45) is 0 Å². The molecule has 0 atom stereocenters. The second-order valence-corrected chi connectivity index (χ2v) is 15.4. The molecule has 0 radical (unpaired) electrons. The lowest BCUT2D eigenvalue weighted by Gasteiger charge is -2.12. The number of aryl methyl sites for hydroxylation is 2. The number of pyridine rings is 2. The van der Waals surface area contributed by atoms with Gasteiger partial charge in [-0.2, -0.15) is 0 Å².